The number of nitrogens with zero attached hydrogens (tertiary/aromatic N) is 2. The zero-order valence-electron chi connectivity index (χ0n) is 6.73. The lowest BCUT2D eigenvalue weighted by molar-refractivity contribution is 0.631. The molecule has 1 unspecified atom stereocenters. The van der Waals surface area contributed by atoms with Gasteiger partial charge in [0.05, 0.1) is 11.1 Å². The van der Waals surface area contributed by atoms with Gasteiger partial charge in [0, 0.05) is 6.20 Å². The fourth-order valence-electron chi connectivity index (χ4n) is 1.21. The molecule has 3 nitrogen and oxygen atoms in total. The van der Waals surface area contributed by atoms with Crippen LogP contribution in [-0.2, 0) is 0 Å². The van der Waals surface area contributed by atoms with Gasteiger partial charge in [0.2, 0.25) is 0 Å². The first-order chi connectivity index (χ1) is 5.97. The molecule has 64 valence electrons. The average Bonchev–Trinajstić information content (AvgIpc) is 2.21. The van der Waals surface area contributed by atoms with Crippen molar-refractivity contribution in [2.75, 3.05) is 12.3 Å². The predicted molar refractivity (Wildman–Crippen MR) is 49.9 cm³/mol. The first-order valence-electron chi connectivity index (χ1n) is 4.08. The highest BCUT2D eigenvalue weighted by atomic mass is 32.2. The van der Waals surface area contributed by atoms with E-state index >= 15 is 0 Å². The van der Waals surface area contributed by atoms with Gasteiger partial charge in [0.1, 0.15) is 6.33 Å². The minimum Gasteiger partial charge on any atom is -0.300 e. The summed E-state index contributed by atoms with van der Waals surface area (Å²) in [7, 11) is 0. The van der Waals surface area contributed by atoms with Crippen LogP contribution in [0.3, 0.4) is 0 Å². The molecule has 0 saturated carbocycles. The fourth-order valence-corrected chi connectivity index (χ4v) is 2.30. The molecule has 12 heavy (non-hydrogen) atoms. The van der Waals surface area contributed by atoms with Crippen LogP contribution in [0.5, 0.6) is 0 Å². The fraction of sp³-hybridized carbons (Fsp3) is 0.500. The van der Waals surface area contributed by atoms with Crippen LogP contribution < -0.4 is 5.32 Å². The molecule has 0 spiro atoms. The number of rotatable bonds is 1. The maximum absolute atomic E-state index is 4.21. The standard InChI is InChI=1S/C8H11N3S/c1-3-10-8(12-5-1)7-2-4-9-6-11-7/h2,4,6,8,10H,1,3,5H2. The van der Waals surface area contributed by atoms with Crippen molar-refractivity contribution in [1.82, 2.24) is 15.3 Å². The van der Waals surface area contributed by atoms with Crippen LogP contribution in [0.1, 0.15) is 17.5 Å². The molecule has 1 aliphatic heterocycles. The first-order valence-corrected chi connectivity index (χ1v) is 5.12. The second-order valence-corrected chi connectivity index (χ2v) is 3.91. The van der Waals surface area contributed by atoms with E-state index in [1.165, 1.54) is 12.2 Å². The summed E-state index contributed by atoms with van der Waals surface area (Å²) >= 11 is 1.91. The smallest absolute Gasteiger partial charge is 0.115 e. The van der Waals surface area contributed by atoms with E-state index in [0.29, 0.717) is 5.37 Å². The van der Waals surface area contributed by atoms with Crippen molar-refractivity contribution in [1.29, 1.82) is 0 Å². The van der Waals surface area contributed by atoms with Gasteiger partial charge in [-0.2, -0.15) is 0 Å². The highest BCUT2D eigenvalue weighted by Gasteiger charge is 2.15. The molecule has 0 radical (unpaired) electrons. The van der Waals surface area contributed by atoms with Crippen LogP contribution in [0, 0.1) is 0 Å². The summed E-state index contributed by atoms with van der Waals surface area (Å²) in [5, 5.41) is 3.78. The van der Waals surface area contributed by atoms with Crippen LogP contribution >= 0.6 is 11.8 Å². The first kappa shape index (κ1) is 8.01. The molecule has 0 amide bonds. The van der Waals surface area contributed by atoms with Crippen molar-refractivity contribution in [3.8, 4) is 0 Å². The molecule has 1 aromatic heterocycles. The summed E-state index contributed by atoms with van der Waals surface area (Å²) in [5.74, 6) is 1.22. The van der Waals surface area contributed by atoms with Crippen molar-refractivity contribution < 1.29 is 0 Å². The second-order valence-electron chi connectivity index (χ2n) is 2.69. The van der Waals surface area contributed by atoms with Gasteiger partial charge in [-0.25, -0.2) is 9.97 Å². The molecule has 1 aromatic rings. The molecule has 1 aliphatic rings. The third-order valence-electron chi connectivity index (χ3n) is 1.81. The van der Waals surface area contributed by atoms with Crippen LogP contribution in [0.25, 0.3) is 0 Å². The Kier molecular flexibility index (Phi) is 2.58. The van der Waals surface area contributed by atoms with Gasteiger partial charge in [-0.05, 0) is 24.8 Å². The predicted octanol–water partition coefficient (Wildman–Crippen LogP) is 1.20. The maximum atomic E-state index is 4.21. The Morgan fingerprint density at radius 3 is 3.25 bits per heavy atom. The van der Waals surface area contributed by atoms with E-state index in [1.807, 2.05) is 17.8 Å². The van der Waals surface area contributed by atoms with E-state index in [4.69, 9.17) is 0 Å². The minimum atomic E-state index is 0.377. The highest BCUT2D eigenvalue weighted by Crippen LogP contribution is 2.27. The van der Waals surface area contributed by atoms with E-state index in [-0.39, 0.29) is 0 Å². The molecular weight excluding hydrogens is 170 g/mol. The Balaban J connectivity index is 2.08. The van der Waals surface area contributed by atoms with E-state index in [0.717, 1.165) is 12.2 Å². The molecule has 1 N–H and O–H groups in total. The maximum Gasteiger partial charge on any atom is 0.115 e. The van der Waals surface area contributed by atoms with Gasteiger partial charge in [0.25, 0.3) is 0 Å². The van der Waals surface area contributed by atoms with Gasteiger partial charge in [0.15, 0.2) is 0 Å². The summed E-state index contributed by atoms with van der Waals surface area (Å²) in [6, 6.07) is 1.97. The topological polar surface area (TPSA) is 37.8 Å². The Morgan fingerprint density at radius 1 is 1.58 bits per heavy atom. The lowest BCUT2D eigenvalue weighted by atomic mass is 10.3. The molecule has 1 fully saturated rings. The van der Waals surface area contributed by atoms with Crippen molar-refractivity contribution in [2.24, 2.45) is 0 Å². The molecule has 2 heterocycles. The van der Waals surface area contributed by atoms with E-state index in [1.54, 1.807) is 12.5 Å². The Hall–Kier alpha value is -0.610. The molecular formula is C8H11N3S. The van der Waals surface area contributed by atoms with Gasteiger partial charge in [-0.1, -0.05) is 0 Å². The third-order valence-corrected chi connectivity index (χ3v) is 3.07. The normalized spacial score (nSPS) is 23.8. The number of hydrogen-bond donors (Lipinski definition) is 1. The van der Waals surface area contributed by atoms with E-state index < -0.39 is 0 Å². The summed E-state index contributed by atoms with van der Waals surface area (Å²) < 4.78 is 0. The van der Waals surface area contributed by atoms with Crippen molar-refractivity contribution in [2.45, 2.75) is 11.8 Å². The van der Waals surface area contributed by atoms with Crippen LogP contribution in [-0.4, -0.2) is 22.3 Å². The molecule has 0 aromatic carbocycles. The number of nitrogens with one attached hydrogen (secondary N) is 1. The van der Waals surface area contributed by atoms with Gasteiger partial charge in [-0.3, -0.25) is 0 Å². The zero-order valence-corrected chi connectivity index (χ0v) is 7.55. The third kappa shape index (κ3) is 1.76. The van der Waals surface area contributed by atoms with Crippen molar-refractivity contribution >= 4 is 11.8 Å². The highest BCUT2D eigenvalue weighted by molar-refractivity contribution is 7.99. The lowest BCUT2D eigenvalue weighted by Crippen LogP contribution is -2.25. The van der Waals surface area contributed by atoms with Gasteiger partial charge >= 0.3 is 0 Å². The van der Waals surface area contributed by atoms with Crippen molar-refractivity contribution in [3.63, 3.8) is 0 Å². The molecule has 0 bridgehead atoms. The Bertz CT molecular complexity index is 233. The molecule has 1 atom stereocenters. The summed E-state index contributed by atoms with van der Waals surface area (Å²) in [6.45, 7) is 1.10. The number of aromatic nitrogens is 2. The number of hydrogen-bond acceptors (Lipinski definition) is 4. The SMILES string of the molecule is c1cc(C2NCCCS2)ncn1. The Morgan fingerprint density at radius 2 is 2.58 bits per heavy atom. The van der Waals surface area contributed by atoms with Gasteiger partial charge in [-0.15, -0.1) is 11.8 Å². The molecule has 1 saturated heterocycles. The molecule has 0 aliphatic carbocycles. The minimum absolute atomic E-state index is 0.377. The Labute approximate surface area is 76.0 Å². The summed E-state index contributed by atoms with van der Waals surface area (Å²) in [5.41, 5.74) is 1.09. The number of thioether (sulfide) groups is 1. The molecule has 2 rings (SSSR count). The van der Waals surface area contributed by atoms with Crippen molar-refractivity contribution in [3.05, 3.63) is 24.3 Å². The lowest BCUT2D eigenvalue weighted by Gasteiger charge is -2.21. The van der Waals surface area contributed by atoms with Gasteiger partial charge < -0.3 is 5.32 Å². The molecule has 4 heteroatoms. The van der Waals surface area contributed by atoms with E-state index in [9.17, 15) is 0 Å². The van der Waals surface area contributed by atoms with Crippen LogP contribution in [0.2, 0.25) is 0 Å². The largest absolute Gasteiger partial charge is 0.300 e. The quantitative estimate of drug-likeness (QED) is 0.706. The van der Waals surface area contributed by atoms with Crippen LogP contribution in [0.15, 0.2) is 18.6 Å². The second kappa shape index (κ2) is 3.87. The summed E-state index contributed by atoms with van der Waals surface area (Å²) in [4.78, 5) is 8.10. The zero-order chi connectivity index (χ0) is 8.23. The monoisotopic (exact) mass is 181 g/mol. The summed E-state index contributed by atoms with van der Waals surface area (Å²) in [6.07, 6.45) is 4.65. The van der Waals surface area contributed by atoms with Crippen LogP contribution in [0.4, 0.5) is 0 Å². The van der Waals surface area contributed by atoms with E-state index in [2.05, 4.69) is 15.3 Å². The average molecular weight is 181 g/mol.